The van der Waals surface area contributed by atoms with Crippen molar-refractivity contribution in [2.75, 3.05) is 0 Å². The van der Waals surface area contributed by atoms with Crippen LogP contribution in [0.4, 0.5) is 0 Å². The quantitative estimate of drug-likeness (QED) is 0.171. The van der Waals surface area contributed by atoms with Gasteiger partial charge in [0.1, 0.15) is 11.6 Å². The Morgan fingerprint density at radius 3 is 1.78 bits per heavy atom. The van der Waals surface area contributed by atoms with Crippen molar-refractivity contribution in [2.24, 2.45) is 0 Å². The van der Waals surface area contributed by atoms with Crippen molar-refractivity contribution in [3.63, 3.8) is 0 Å². The summed E-state index contributed by atoms with van der Waals surface area (Å²) in [6.45, 7) is 4.56. The van der Waals surface area contributed by atoms with E-state index in [1.165, 1.54) is 11.1 Å². The molecule has 4 heteroatoms. The van der Waals surface area contributed by atoms with Gasteiger partial charge in [0.05, 0.1) is 22.3 Å². The molecule has 2 aromatic heterocycles. The number of aromatic hydroxyl groups is 1. The van der Waals surface area contributed by atoms with Gasteiger partial charge < -0.3 is 5.11 Å². The zero-order chi connectivity index (χ0) is 37.4. The fourth-order valence-corrected chi connectivity index (χ4v) is 7.58. The van der Waals surface area contributed by atoms with Gasteiger partial charge in [0, 0.05) is 28.4 Å². The summed E-state index contributed by atoms with van der Waals surface area (Å²) in [6.07, 6.45) is 1.90. The number of benzene rings is 7. The number of hydrogen-bond donors (Lipinski definition) is 1. The van der Waals surface area contributed by atoms with Crippen LogP contribution in [0.3, 0.4) is 0 Å². The van der Waals surface area contributed by atoms with E-state index < -0.39 is 0 Å². The van der Waals surface area contributed by atoms with Crippen molar-refractivity contribution in [2.45, 2.75) is 19.3 Å². The van der Waals surface area contributed by atoms with Crippen LogP contribution in [0.2, 0.25) is 0 Å². The summed E-state index contributed by atoms with van der Waals surface area (Å²) >= 11 is 0. The Labute approximate surface area is 321 Å². The van der Waals surface area contributed by atoms with Crippen LogP contribution < -0.4 is 0 Å². The van der Waals surface area contributed by atoms with Gasteiger partial charge >= 0.3 is 0 Å². The number of hydrogen-bond acceptors (Lipinski definition) is 3. The first-order chi connectivity index (χ1) is 26.9. The summed E-state index contributed by atoms with van der Waals surface area (Å²) in [5.74, 6) is 0.853. The largest absolute Gasteiger partial charge is 0.507 e. The standard InChI is InChI=1S/C51H39N3O/c1-51(2,41-19-10-5-11-20-41)42-32-39(31-40(33-42)46-34-38(29-30-52-46)36-17-8-4-9-18-36)44-22-14-23-47-49(44)53-50(45-21-12-13-24-48(45)55)54(47)43-27-25-37(26-28-43)35-15-6-3-7-16-35/h3-34,55H,1-2H3. The van der Waals surface area contributed by atoms with E-state index >= 15 is 0 Å². The Kier molecular flexibility index (Phi) is 8.64. The molecule has 0 bridgehead atoms. The SMILES string of the molecule is CC(C)(c1ccccc1)c1cc(-c2cc(-c3ccccc3)ccn2)cc(-c2cccc3c2nc(-c2ccccc2O)n3-c2ccc(-c3ccccc3)cc2)c1. The number of fused-ring (bicyclic) bond motifs is 1. The second kappa shape index (κ2) is 14.1. The fraction of sp³-hybridized carbons (Fsp3) is 0.0588. The van der Waals surface area contributed by atoms with Crippen LogP contribution in [0.15, 0.2) is 194 Å². The van der Waals surface area contributed by atoms with E-state index in [4.69, 9.17) is 9.97 Å². The smallest absolute Gasteiger partial charge is 0.149 e. The molecular weight excluding hydrogens is 671 g/mol. The van der Waals surface area contributed by atoms with Gasteiger partial charge in [-0.1, -0.05) is 147 Å². The molecule has 0 aliphatic heterocycles. The number of para-hydroxylation sites is 2. The van der Waals surface area contributed by atoms with Gasteiger partial charge in [-0.3, -0.25) is 9.55 Å². The van der Waals surface area contributed by atoms with Gasteiger partial charge in [0.2, 0.25) is 0 Å². The van der Waals surface area contributed by atoms with Gasteiger partial charge in [0.15, 0.2) is 0 Å². The number of pyridine rings is 1. The van der Waals surface area contributed by atoms with Crippen LogP contribution in [0.5, 0.6) is 5.75 Å². The van der Waals surface area contributed by atoms with E-state index in [-0.39, 0.29) is 11.2 Å². The highest BCUT2D eigenvalue weighted by Crippen LogP contribution is 2.41. The molecule has 0 unspecified atom stereocenters. The molecule has 9 rings (SSSR count). The molecular formula is C51H39N3O. The van der Waals surface area contributed by atoms with E-state index in [2.05, 4.69) is 170 Å². The van der Waals surface area contributed by atoms with Gasteiger partial charge in [0.25, 0.3) is 0 Å². The van der Waals surface area contributed by atoms with Crippen molar-refractivity contribution < 1.29 is 5.11 Å². The van der Waals surface area contributed by atoms with E-state index in [0.29, 0.717) is 11.4 Å². The van der Waals surface area contributed by atoms with Gasteiger partial charge in [-0.15, -0.1) is 0 Å². The molecule has 9 aromatic rings. The summed E-state index contributed by atoms with van der Waals surface area (Å²) in [6, 6.07) is 64.9. The third-order valence-electron chi connectivity index (χ3n) is 10.7. The fourth-order valence-electron chi connectivity index (χ4n) is 7.58. The Morgan fingerprint density at radius 1 is 0.473 bits per heavy atom. The third kappa shape index (κ3) is 6.38. The van der Waals surface area contributed by atoms with Gasteiger partial charge in [-0.2, -0.15) is 0 Å². The van der Waals surface area contributed by atoms with Crippen LogP contribution in [-0.4, -0.2) is 19.6 Å². The molecule has 0 spiro atoms. The highest BCUT2D eigenvalue weighted by Gasteiger charge is 2.26. The molecule has 0 aliphatic rings. The molecule has 0 saturated heterocycles. The third-order valence-corrected chi connectivity index (χ3v) is 10.7. The molecule has 55 heavy (non-hydrogen) atoms. The first kappa shape index (κ1) is 33.8. The van der Waals surface area contributed by atoms with Crippen molar-refractivity contribution in [1.29, 1.82) is 0 Å². The topological polar surface area (TPSA) is 50.9 Å². The van der Waals surface area contributed by atoms with E-state index in [0.717, 1.165) is 61.4 Å². The van der Waals surface area contributed by atoms with Crippen LogP contribution in [-0.2, 0) is 5.41 Å². The second-order valence-corrected chi connectivity index (χ2v) is 14.5. The minimum absolute atomic E-state index is 0.180. The summed E-state index contributed by atoms with van der Waals surface area (Å²) in [5, 5.41) is 11.2. The summed E-state index contributed by atoms with van der Waals surface area (Å²) in [5.41, 5.74) is 14.0. The maximum atomic E-state index is 11.2. The molecule has 0 aliphatic carbocycles. The monoisotopic (exact) mass is 709 g/mol. The molecule has 7 aromatic carbocycles. The van der Waals surface area contributed by atoms with Crippen LogP contribution in [0.25, 0.3) is 72.7 Å². The average Bonchev–Trinajstić information content (AvgIpc) is 3.64. The number of phenols is 1. The lowest BCUT2D eigenvalue weighted by Gasteiger charge is -2.27. The number of imidazole rings is 1. The second-order valence-electron chi connectivity index (χ2n) is 14.5. The van der Waals surface area contributed by atoms with E-state index in [1.54, 1.807) is 6.07 Å². The van der Waals surface area contributed by atoms with E-state index in [9.17, 15) is 5.11 Å². The molecule has 0 saturated carbocycles. The number of aromatic nitrogens is 3. The lowest BCUT2D eigenvalue weighted by molar-refractivity contribution is 0.477. The van der Waals surface area contributed by atoms with Crippen molar-refractivity contribution in [3.8, 4) is 67.5 Å². The molecule has 2 heterocycles. The Bertz CT molecular complexity index is 2770. The van der Waals surface area contributed by atoms with Gasteiger partial charge in [-0.05, 0) is 93.5 Å². The molecule has 0 amide bonds. The van der Waals surface area contributed by atoms with Crippen LogP contribution in [0.1, 0.15) is 25.0 Å². The van der Waals surface area contributed by atoms with E-state index in [1.807, 2.05) is 36.5 Å². The predicted molar refractivity (Wildman–Crippen MR) is 226 cm³/mol. The zero-order valence-electron chi connectivity index (χ0n) is 30.8. The summed E-state index contributed by atoms with van der Waals surface area (Å²) in [7, 11) is 0. The highest BCUT2D eigenvalue weighted by atomic mass is 16.3. The normalized spacial score (nSPS) is 11.5. The number of phenolic OH excluding ortho intramolecular Hbond substituents is 1. The lowest BCUT2D eigenvalue weighted by Crippen LogP contribution is -2.19. The molecule has 264 valence electrons. The number of rotatable bonds is 8. The molecule has 0 atom stereocenters. The van der Waals surface area contributed by atoms with Crippen LogP contribution >= 0.6 is 0 Å². The number of nitrogens with zero attached hydrogens (tertiary/aromatic N) is 3. The highest BCUT2D eigenvalue weighted by molar-refractivity contribution is 5.97. The molecule has 4 nitrogen and oxygen atoms in total. The first-order valence-corrected chi connectivity index (χ1v) is 18.6. The minimum atomic E-state index is -0.308. The minimum Gasteiger partial charge on any atom is -0.507 e. The Morgan fingerprint density at radius 2 is 1.07 bits per heavy atom. The lowest BCUT2D eigenvalue weighted by atomic mass is 9.76. The maximum Gasteiger partial charge on any atom is 0.149 e. The Hall–Kier alpha value is -7.04. The van der Waals surface area contributed by atoms with Crippen molar-refractivity contribution in [3.05, 3.63) is 205 Å². The Balaban J connectivity index is 1.26. The molecule has 1 N–H and O–H groups in total. The summed E-state index contributed by atoms with van der Waals surface area (Å²) in [4.78, 5) is 10.3. The predicted octanol–water partition coefficient (Wildman–Crippen LogP) is 12.8. The molecule has 0 fully saturated rings. The van der Waals surface area contributed by atoms with Crippen molar-refractivity contribution >= 4 is 11.0 Å². The molecule has 0 radical (unpaired) electrons. The van der Waals surface area contributed by atoms with Gasteiger partial charge in [-0.25, -0.2) is 4.98 Å². The first-order valence-electron chi connectivity index (χ1n) is 18.6. The maximum absolute atomic E-state index is 11.2. The summed E-state index contributed by atoms with van der Waals surface area (Å²) < 4.78 is 2.16. The van der Waals surface area contributed by atoms with Crippen LogP contribution in [0, 0.1) is 0 Å². The average molecular weight is 710 g/mol. The van der Waals surface area contributed by atoms with Crippen molar-refractivity contribution in [1.82, 2.24) is 14.5 Å². The zero-order valence-corrected chi connectivity index (χ0v) is 30.8.